The third-order valence-electron chi connectivity index (χ3n) is 4.63. The molecule has 1 heterocycles. The smallest absolute Gasteiger partial charge is 0.243 e. The van der Waals surface area contributed by atoms with Gasteiger partial charge in [-0.05, 0) is 61.7 Å². The zero-order chi connectivity index (χ0) is 19.6. The van der Waals surface area contributed by atoms with E-state index in [1.165, 1.54) is 23.5 Å². The largest absolute Gasteiger partial charge is 0.497 e. The number of amides is 1. The summed E-state index contributed by atoms with van der Waals surface area (Å²) >= 11 is 6.00. The molecule has 144 valence electrons. The maximum absolute atomic E-state index is 13.0. The molecule has 1 atom stereocenters. The Hall–Kier alpha value is -2.09. The van der Waals surface area contributed by atoms with Gasteiger partial charge in [-0.15, -0.1) is 0 Å². The van der Waals surface area contributed by atoms with Gasteiger partial charge in [0.2, 0.25) is 15.9 Å². The summed E-state index contributed by atoms with van der Waals surface area (Å²) in [6.07, 6.45) is 1.10. The molecule has 6 nitrogen and oxygen atoms in total. The molecule has 0 bridgehead atoms. The minimum Gasteiger partial charge on any atom is -0.497 e. The Bertz CT molecular complexity index is 945. The Kier molecular flexibility index (Phi) is 5.74. The molecule has 2 aromatic carbocycles. The van der Waals surface area contributed by atoms with E-state index in [9.17, 15) is 13.2 Å². The molecule has 3 rings (SSSR count). The first-order chi connectivity index (χ1) is 12.8. The van der Waals surface area contributed by atoms with Crippen LogP contribution < -0.4 is 10.1 Å². The molecule has 1 aliphatic rings. The van der Waals surface area contributed by atoms with E-state index >= 15 is 0 Å². The monoisotopic (exact) mass is 408 g/mol. The van der Waals surface area contributed by atoms with Gasteiger partial charge in [0.25, 0.3) is 0 Å². The van der Waals surface area contributed by atoms with Crippen LogP contribution in [-0.2, 0) is 14.8 Å². The topological polar surface area (TPSA) is 75.7 Å². The van der Waals surface area contributed by atoms with Crippen molar-refractivity contribution in [2.45, 2.75) is 30.7 Å². The molecule has 0 radical (unpaired) electrons. The predicted octanol–water partition coefficient (Wildman–Crippen LogP) is 3.45. The second kappa shape index (κ2) is 7.88. The number of nitrogens with zero attached hydrogens (tertiary/aromatic N) is 1. The summed E-state index contributed by atoms with van der Waals surface area (Å²) in [5.41, 5.74) is 1.44. The van der Waals surface area contributed by atoms with Gasteiger partial charge in [-0.1, -0.05) is 17.7 Å². The second-order valence-corrected chi connectivity index (χ2v) is 8.72. The molecule has 1 N–H and O–H groups in total. The Labute approximate surface area is 164 Å². The number of methoxy groups -OCH3 is 1. The summed E-state index contributed by atoms with van der Waals surface area (Å²) < 4.78 is 32.4. The minimum atomic E-state index is -3.78. The lowest BCUT2D eigenvalue weighted by atomic mass is 10.1. The zero-order valence-corrected chi connectivity index (χ0v) is 16.7. The SMILES string of the molecule is COc1ccc(S(=O)(=O)N2CCC[C@H]2C(=O)Nc2cc(Cl)ccc2C)cc1. The summed E-state index contributed by atoms with van der Waals surface area (Å²) in [6.45, 7) is 2.16. The third kappa shape index (κ3) is 4.10. The van der Waals surface area contributed by atoms with Crippen molar-refractivity contribution in [3.8, 4) is 5.75 Å². The van der Waals surface area contributed by atoms with Crippen molar-refractivity contribution in [3.63, 3.8) is 0 Å². The van der Waals surface area contributed by atoms with Crippen LogP contribution in [0.2, 0.25) is 5.02 Å². The minimum absolute atomic E-state index is 0.141. The van der Waals surface area contributed by atoms with Crippen LogP contribution in [0.1, 0.15) is 18.4 Å². The van der Waals surface area contributed by atoms with Crippen molar-refractivity contribution in [2.75, 3.05) is 19.0 Å². The standard InChI is InChI=1S/C19H21ClN2O4S/c1-13-5-6-14(20)12-17(13)21-19(23)18-4-3-11-22(18)27(24,25)16-9-7-15(26-2)8-10-16/h5-10,12,18H,3-4,11H2,1-2H3,(H,21,23)/t18-/m0/s1. The number of carbonyl (C=O) groups excluding carboxylic acids is 1. The summed E-state index contributed by atoms with van der Waals surface area (Å²) in [4.78, 5) is 12.9. The van der Waals surface area contributed by atoms with E-state index in [4.69, 9.17) is 16.3 Å². The summed E-state index contributed by atoms with van der Waals surface area (Å²) in [7, 11) is -2.26. The van der Waals surface area contributed by atoms with Gasteiger partial charge in [0, 0.05) is 17.3 Å². The number of halogens is 1. The van der Waals surface area contributed by atoms with Gasteiger partial charge in [0.15, 0.2) is 0 Å². The van der Waals surface area contributed by atoms with E-state index in [0.717, 1.165) is 5.56 Å². The van der Waals surface area contributed by atoms with Crippen LogP contribution in [0, 0.1) is 6.92 Å². The molecular formula is C19H21ClN2O4S. The molecule has 0 saturated carbocycles. The van der Waals surface area contributed by atoms with Gasteiger partial charge in [-0.25, -0.2) is 8.42 Å². The summed E-state index contributed by atoms with van der Waals surface area (Å²) in [5.74, 6) is 0.219. The lowest BCUT2D eigenvalue weighted by Crippen LogP contribution is -2.43. The van der Waals surface area contributed by atoms with Crippen LogP contribution in [-0.4, -0.2) is 38.3 Å². The van der Waals surface area contributed by atoms with E-state index in [0.29, 0.717) is 35.8 Å². The number of hydrogen-bond donors (Lipinski definition) is 1. The molecule has 0 aliphatic carbocycles. The number of rotatable bonds is 5. The van der Waals surface area contributed by atoms with E-state index in [1.54, 1.807) is 30.3 Å². The molecule has 0 aromatic heterocycles. The molecule has 1 amide bonds. The van der Waals surface area contributed by atoms with Gasteiger partial charge >= 0.3 is 0 Å². The number of aryl methyl sites for hydroxylation is 1. The normalized spacial score (nSPS) is 17.7. The van der Waals surface area contributed by atoms with Crippen molar-refractivity contribution in [3.05, 3.63) is 53.1 Å². The Morgan fingerprint density at radius 2 is 1.93 bits per heavy atom. The van der Waals surface area contributed by atoms with Crippen molar-refractivity contribution in [1.82, 2.24) is 4.31 Å². The molecule has 8 heteroatoms. The van der Waals surface area contributed by atoms with E-state index in [1.807, 2.05) is 6.92 Å². The Balaban J connectivity index is 1.83. The summed E-state index contributed by atoms with van der Waals surface area (Å²) in [6, 6.07) is 10.6. The maximum Gasteiger partial charge on any atom is 0.243 e. The second-order valence-electron chi connectivity index (χ2n) is 6.40. The highest BCUT2D eigenvalue weighted by Crippen LogP contribution is 2.29. The number of sulfonamides is 1. The van der Waals surface area contributed by atoms with Crippen LogP contribution in [0.5, 0.6) is 5.75 Å². The van der Waals surface area contributed by atoms with Crippen molar-refractivity contribution < 1.29 is 17.9 Å². The summed E-state index contributed by atoms with van der Waals surface area (Å²) in [5, 5.41) is 3.32. The molecule has 27 heavy (non-hydrogen) atoms. The van der Waals surface area contributed by atoms with E-state index < -0.39 is 16.1 Å². The van der Waals surface area contributed by atoms with Gasteiger partial charge in [0.1, 0.15) is 11.8 Å². The van der Waals surface area contributed by atoms with E-state index in [-0.39, 0.29) is 10.8 Å². The number of benzene rings is 2. The quantitative estimate of drug-likeness (QED) is 0.822. The van der Waals surface area contributed by atoms with Gasteiger partial charge in [-0.2, -0.15) is 4.31 Å². The van der Waals surface area contributed by atoms with Crippen LogP contribution in [0.25, 0.3) is 0 Å². The first kappa shape index (κ1) is 19.7. The number of nitrogens with one attached hydrogen (secondary N) is 1. The molecular weight excluding hydrogens is 388 g/mol. The van der Waals surface area contributed by atoms with Crippen LogP contribution >= 0.6 is 11.6 Å². The fourth-order valence-corrected chi connectivity index (χ4v) is 4.95. The lowest BCUT2D eigenvalue weighted by molar-refractivity contribution is -0.119. The average molecular weight is 409 g/mol. The average Bonchev–Trinajstić information content (AvgIpc) is 3.15. The molecule has 1 saturated heterocycles. The number of hydrogen-bond acceptors (Lipinski definition) is 4. The molecule has 2 aromatic rings. The number of carbonyl (C=O) groups is 1. The number of ether oxygens (including phenoxy) is 1. The van der Waals surface area contributed by atoms with Gasteiger partial charge in [0.05, 0.1) is 12.0 Å². The first-order valence-electron chi connectivity index (χ1n) is 8.56. The third-order valence-corrected chi connectivity index (χ3v) is 6.79. The molecule has 1 aliphatic heterocycles. The van der Waals surface area contributed by atoms with Crippen LogP contribution in [0.3, 0.4) is 0 Å². The fourth-order valence-electron chi connectivity index (χ4n) is 3.12. The van der Waals surface area contributed by atoms with Crippen LogP contribution in [0.4, 0.5) is 5.69 Å². The maximum atomic E-state index is 13.0. The highest BCUT2D eigenvalue weighted by molar-refractivity contribution is 7.89. The highest BCUT2D eigenvalue weighted by atomic mass is 35.5. The van der Waals surface area contributed by atoms with Crippen LogP contribution in [0.15, 0.2) is 47.4 Å². The predicted molar refractivity (Wildman–Crippen MR) is 105 cm³/mol. The van der Waals surface area contributed by atoms with Gasteiger partial charge in [-0.3, -0.25) is 4.79 Å². The lowest BCUT2D eigenvalue weighted by Gasteiger charge is -2.24. The van der Waals surface area contributed by atoms with Gasteiger partial charge < -0.3 is 10.1 Å². The molecule has 0 spiro atoms. The Morgan fingerprint density at radius 3 is 2.59 bits per heavy atom. The Morgan fingerprint density at radius 1 is 1.22 bits per heavy atom. The van der Waals surface area contributed by atoms with E-state index in [2.05, 4.69) is 5.32 Å². The first-order valence-corrected chi connectivity index (χ1v) is 10.4. The number of anilines is 1. The molecule has 1 fully saturated rings. The van der Waals surface area contributed by atoms with Crippen molar-refractivity contribution in [1.29, 1.82) is 0 Å². The highest BCUT2D eigenvalue weighted by Gasteiger charge is 2.39. The zero-order valence-electron chi connectivity index (χ0n) is 15.1. The van der Waals surface area contributed by atoms with Crippen molar-refractivity contribution in [2.24, 2.45) is 0 Å². The fraction of sp³-hybridized carbons (Fsp3) is 0.316. The molecule has 0 unspecified atom stereocenters. The van der Waals surface area contributed by atoms with Crippen molar-refractivity contribution >= 4 is 33.2 Å².